The topological polar surface area (TPSA) is 70.5 Å². The lowest BCUT2D eigenvalue weighted by molar-refractivity contribution is 0.0697. The number of carboxylic acids is 1. The Morgan fingerprint density at radius 3 is 2.71 bits per heavy atom. The van der Waals surface area contributed by atoms with Crippen LogP contribution in [0.2, 0.25) is 0 Å². The third-order valence-electron chi connectivity index (χ3n) is 2.83. The number of hydrogen-bond donors (Lipinski definition) is 1. The van der Waals surface area contributed by atoms with Gasteiger partial charge in [-0.2, -0.15) is 4.37 Å². The highest BCUT2D eigenvalue weighted by atomic mass is 79.9. The van der Waals surface area contributed by atoms with E-state index in [4.69, 9.17) is 0 Å². The Hall–Kier alpha value is -1.80. The fraction of sp³-hybridized carbons (Fsp3) is 0.154. The number of nitrogens with zero attached hydrogens (tertiary/aromatic N) is 2. The van der Waals surface area contributed by atoms with Crippen LogP contribution in [0.3, 0.4) is 0 Å². The van der Waals surface area contributed by atoms with E-state index >= 15 is 0 Å². The smallest absolute Gasteiger partial charge is 0.340 e. The summed E-state index contributed by atoms with van der Waals surface area (Å²) in [6.07, 6.45) is 0. The minimum atomic E-state index is -1.18. The van der Waals surface area contributed by atoms with Crippen LogP contribution in [0.1, 0.15) is 26.4 Å². The highest BCUT2D eigenvalue weighted by molar-refractivity contribution is 9.10. The Morgan fingerprint density at radius 2 is 2.10 bits per heavy atom. The standard InChI is InChI=1S/C13H10BrFN2O3S/c1-6-10(13(19)20)12(21-16-6)17(2)11(18)8-5-7(14)3-4-9(8)15/h3-5H,1-2H3,(H,19,20). The normalized spacial score (nSPS) is 10.5. The van der Waals surface area contributed by atoms with Gasteiger partial charge < -0.3 is 10.0 Å². The van der Waals surface area contributed by atoms with Crippen molar-refractivity contribution in [3.8, 4) is 0 Å². The SMILES string of the molecule is Cc1nsc(N(C)C(=O)c2cc(Br)ccc2F)c1C(=O)O. The Labute approximate surface area is 132 Å². The van der Waals surface area contributed by atoms with E-state index in [1.54, 1.807) is 6.92 Å². The average Bonchev–Trinajstić information content (AvgIpc) is 2.81. The number of aryl methyl sites for hydroxylation is 1. The summed E-state index contributed by atoms with van der Waals surface area (Å²) in [5, 5.41) is 9.35. The second-order valence-electron chi connectivity index (χ2n) is 4.24. The Bertz CT molecular complexity index is 732. The van der Waals surface area contributed by atoms with Crippen molar-refractivity contribution in [3.05, 3.63) is 45.3 Å². The van der Waals surface area contributed by atoms with Crippen LogP contribution < -0.4 is 4.90 Å². The molecule has 110 valence electrons. The number of hydrogen-bond acceptors (Lipinski definition) is 4. The summed E-state index contributed by atoms with van der Waals surface area (Å²) in [4.78, 5) is 24.7. The molecular weight excluding hydrogens is 363 g/mol. The molecule has 0 spiro atoms. The van der Waals surface area contributed by atoms with E-state index in [-0.39, 0.29) is 16.1 Å². The first-order valence-electron chi connectivity index (χ1n) is 5.75. The second kappa shape index (κ2) is 5.90. The first kappa shape index (κ1) is 15.6. The van der Waals surface area contributed by atoms with Gasteiger partial charge in [0.2, 0.25) is 0 Å². The number of aromatic nitrogens is 1. The molecule has 0 saturated heterocycles. The Kier molecular flexibility index (Phi) is 4.38. The number of rotatable bonds is 3. The van der Waals surface area contributed by atoms with E-state index in [0.29, 0.717) is 10.2 Å². The van der Waals surface area contributed by atoms with Crippen LogP contribution in [0, 0.1) is 12.7 Å². The number of carbonyl (C=O) groups excluding carboxylic acids is 1. The lowest BCUT2D eigenvalue weighted by Gasteiger charge is -2.16. The molecule has 0 unspecified atom stereocenters. The van der Waals surface area contributed by atoms with Gasteiger partial charge in [-0.25, -0.2) is 9.18 Å². The molecule has 1 aromatic heterocycles. The minimum Gasteiger partial charge on any atom is -0.478 e. The summed E-state index contributed by atoms with van der Waals surface area (Å²) < 4.78 is 18.3. The Morgan fingerprint density at radius 1 is 1.43 bits per heavy atom. The van der Waals surface area contributed by atoms with Crippen molar-refractivity contribution in [3.63, 3.8) is 0 Å². The zero-order valence-electron chi connectivity index (χ0n) is 11.1. The van der Waals surface area contributed by atoms with E-state index < -0.39 is 17.7 Å². The molecule has 2 rings (SSSR count). The lowest BCUT2D eigenvalue weighted by Crippen LogP contribution is -2.27. The molecule has 8 heteroatoms. The molecule has 0 fully saturated rings. The monoisotopic (exact) mass is 372 g/mol. The molecule has 0 radical (unpaired) electrons. The number of carbonyl (C=O) groups is 2. The maximum absolute atomic E-state index is 13.8. The van der Waals surface area contributed by atoms with Crippen LogP contribution in [0.4, 0.5) is 9.39 Å². The van der Waals surface area contributed by atoms with E-state index in [2.05, 4.69) is 20.3 Å². The lowest BCUT2D eigenvalue weighted by atomic mass is 10.2. The molecule has 1 N–H and O–H groups in total. The van der Waals surface area contributed by atoms with Crippen molar-refractivity contribution < 1.29 is 19.1 Å². The van der Waals surface area contributed by atoms with Crippen LogP contribution >= 0.6 is 27.5 Å². The maximum Gasteiger partial charge on any atom is 0.340 e. The third kappa shape index (κ3) is 2.96. The Balaban J connectivity index is 2.45. The van der Waals surface area contributed by atoms with Crippen molar-refractivity contribution >= 4 is 44.3 Å². The highest BCUT2D eigenvalue weighted by Crippen LogP contribution is 2.29. The number of halogens is 2. The van der Waals surface area contributed by atoms with E-state index in [1.807, 2.05) is 0 Å². The van der Waals surface area contributed by atoms with Gasteiger partial charge in [-0.05, 0) is 36.7 Å². The van der Waals surface area contributed by atoms with Gasteiger partial charge in [-0.3, -0.25) is 4.79 Å². The highest BCUT2D eigenvalue weighted by Gasteiger charge is 2.26. The molecule has 0 saturated carbocycles. The number of benzene rings is 1. The summed E-state index contributed by atoms with van der Waals surface area (Å²) in [6, 6.07) is 4.00. The number of anilines is 1. The van der Waals surface area contributed by atoms with Gasteiger partial charge in [0, 0.05) is 11.5 Å². The quantitative estimate of drug-likeness (QED) is 0.896. The average molecular weight is 373 g/mol. The molecule has 5 nitrogen and oxygen atoms in total. The van der Waals surface area contributed by atoms with Crippen LogP contribution in [0.25, 0.3) is 0 Å². The van der Waals surface area contributed by atoms with Gasteiger partial charge in [0.1, 0.15) is 16.4 Å². The maximum atomic E-state index is 13.8. The molecule has 2 aromatic rings. The van der Waals surface area contributed by atoms with E-state index in [9.17, 15) is 19.1 Å². The molecule has 1 amide bonds. The zero-order valence-corrected chi connectivity index (χ0v) is 13.5. The fourth-order valence-electron chi connectivity index (χ4n) is 1.77. The summed E-state index contributed by atoms with van der Waals surface area (Å²) in [7, 11) is 1.39. The van der Waals surface area contributed by atoms with Gasteiger partial charge in [-0.1, -0.05) is 15.9 Å². The van der Waals surface area contributed by atoms with Gasteiger partial charge in [0.15, 0.2) is 0 Å². The van der Waals surface area contributed by atoms with Crippen LogP contribution in [0.5, 0.6) is 0 Å². The number of carboxylic acid groups (broad SMARTS) is 1. The van der Waals surface area contributed by atoms with Crippen molar-refractivity contribution in [2.24, 2.45) is 0 Å². The molecule has 0 aliphatic heterocycles. The second-order valence-corrected chi connectivity index (χ2v) is 5.91. The zero-order chi connectivity index (χ0) is 15.7. The van der Waals surface area contributed by atoms with Gasteiger partial charge in [0.05, 0.1) is 11.3 Å². The van der Waals surface area contributed by atoms with Crippen LogP contribution in [-0.4, -0.2) is 28.4 Å². The minimum absolute atomic E-state index is 0.0498. The molecule has 0 atom stereocenters. The molecule has 1 heterocycles. The number of amides is 1. The van der Waals surface area contributed by atoms with Crippen LogP contribution in [-0.2, 0) is 0 Å². The van der Waals surface area contributed by atoms with Crippen molar-refractivity contribution in [2.45, 2.75) is 6.92 Å². The predicted octanol–water partition coefficient (Wildman–Crippen LogP) is 3.33. The summed E-state index contributed by atoms with van der Waals surface area (Å²) in [6.45, 7) is 1.54. The van der Waals surface area contributed by atoms with Gasteiger partial charge in [0.25, 0.3) is 5.91 Å². The molecule has 0 bridgehead atoms. The predicted molar refractivity (Wildman–Crippen MR) is 80.6 cm³/mol. The fourth-order valence-corrected chi connectivity index (χ4v) is 2.97. The third-order valence-corrected chi connectivity index (χ3v) is 4.34. The van der Waals surface area contributed by atoms with Gasteiger partial charge in [-0.15, -0.1) is 0 Å². The molecule has 0 aliphatic rings. The van der Waals surface area contributed by atoms with E-state index in [0.717, 1.165) is 16.4 Å². The summed E-state index contributed by atoms with van der Waals surface area (Å²) in [5.41, 5.74) is 0.123. The molecule has 21 heavy (non-hydrogen) atoms. The first-order chi connectivity index (χ1) is 9.82. The molecular formula is C13H10BrFN2O3S. The van der Waals surface area contributed by atoms with Crippen molar-refractivity contribution in [1.29, 1.82) is 0 Å². The summed E-state index contributed by atoms with van der Waals surface area (Å²) in [5.74, 6) is -2.49. The summed E-state index contributed by atoms with van der Waals surface area (Å²) >= 11 is 4.06. The van der Waals surface area contributed by atoms with Gasteiger partial charge >= 0.3 is 5.97 Å². The van der Waals surface area contributed by atoms with Crippen LogP contribution in [0.15, 0.2) is 22.7 Å². The molecule has 0 aliphatic carbocycles. The largest absolute Gasteiger partial charge is 0.478 e. The van der Waals surface area contributed by atoms with Crippen molar-refractivity contribution in [1.82, 2.24) is 4.37 Å². The van der Waals surface area contributed by atoms with E-state index in [1.165, 1.54) is 25.2 Å². The number of aromatic carboxylic acids is 1. The molecule has 1 aromatic carbocycles. The first-order valence-corrected chi connectivity index (χ1v) is 7.32. The van der Waals surface area contributed by atoms with Crippen molar-refractivity contribution in [2.75, 3.05) is 11.9 Å².